The number of rotatable bonds is 11. The summed E-state index contributed by atoms with van der Waals surface area (Å²) in [6.07, 6.45) is 0.144. The van der Waals surface area contributed by atoms with E-state index >= 15 is 0 Å². The molecule has 1 amide bonds. The van der Waals surface area contributed by atoms with E-state index in [-0.39, 0.29) is 24.2 Å². The van der Waals surface area contributed by atoms with E-state index in [1.807, 2.05) is 18.5 Å². The average molecular weight is 475 g/mol. The fourth-order valence-corrected chi connectivity index (χ4v) is 3.94. The van der Waals surface area contributed by atoms with Gasteiger partial charge in [-0.3, -0.25) is 4.79 Å². The predicted molar refractivity (Wildman–Crippen MR) is 123 cm³/mol. The first-order valence-corrected chi connectivity index (χ1v) is 11.3. The van der Waals surface area contributed by atoms with Crippen molar-refractivity contribution >= 4 is 17.7 Å². The average Bonchev–Trinajstić information content (AvgIpc) is 3.18. The van der Waals surface area contributed by atoms with Gasteiger partial charge in [-0.1, -0.05) is 11.8 Å². The SMILES string of the molecule is COc1ccc(OC)c(CC(=O)N[C@H](C)c2nnc(SCCOc3ccc(F)cc3)n2C)c1. The van der Waals surface area contributed by atoms with Crippen LogP contribution in [0.2, 0.25) is 0 Å². The Morgan fingerprint density at radius 3 is 2.55 bits per heavy atom. The Morgan fingerprint density at radius 1 is 1.12 bits per heavy atom. The van der Waals surface area contributed by atoms with Crippen LogP contribution in [0.4, 0.5) is 4.39 Å². The number of carbonyl (C=O) groups is 1. The van der Waals surface area contributed by atoms with Crippen LogP contribution in [0.3, 0.4) is 0 Å². The van der Waals surface area contributed by atoms with Crippen molar-refractivity contribution in [2.75, 3.05) is 26.6 Å². The molecule has 0 unspecified atom stereocenters. The number of carbonyl (C=O) groups excluding carboxylic acids is 1. The van der Waals surface area contributed by atoms with Crippen molar-refractivity contribution < 1.29 is 23.4 Å². The second kappa shape index (κ2) is 11.6. The van der Waals surface area contributed by atoms with Gasteiger partial charge in [0.05, 0.1) is 33.3 Å². The largest absolute Gasteiger partial charge is 0.497 e. The quantitative estimate of drug-likeness (QED) is 0.336. The summed E-state index contributed by atoms with van der Waals surface area (Å²) in [4.78, 5) is 12.6. The summed E-state index contributed by atoms with van der Waals surface area (Å²) >= 11 is 1.49. The number of hydrogen-bond donors (Lipinski definition) is 1. The predicted octanol–water partition coefficient (Wildman–Crippen LogP) is 3.56. The molecule has 1 heterocycles. The van der Waals surface area contributed by atoms with E-state index in [2.05, 4.69) is 15.5 Å². The molecule has 2 aromatic carbocycles. The molecule has 8 nitrogen and oxygen atoms in total. The van der Waals surface area contributed by atoms with Gasteiger partial charge in [-0.15, -0.1) is 10.2 Å². The number of ether oxygens (including phenoxy) is 3. The molecule has 3 rings (SSSR count). The Balaban J connectivity index is 1.52. The molecular weight excluding hydrogens is 447 g/mol. The van der Waals surface area contributed by atoms with Crippen molar-refractivity contribution in [1.29, 1.82) is 0 Å². The van der Waals surface area contributed by atoms with Gasteiger partial charge in [-0.2, -0.15) is 0 Å². The summed E-state index contributed by atoms with van der Waals surface area (Å²) in [5.74, 6) is 2.71. The van der Waals surface area contributed by atoms with Crippen LogP contribution >= 0.6 is 11.8 Å². The molecule has 3 aromatic rings. The van der Waals surface area contributed by atoms with Crippen LogP contribution in [0.15, 0.2) is 47.6 Å². The van der Waals surface area contributed by atoms with Gasteiger partial charge in [0.1, 0.15) is 23.1 Å². The second-order valence-electron chi connectivity index (χ2n) is 7.19. The minimum absolute atomic E-state index is 0.144. The van der Waals surface area contributed by atoms with Gasteiger partial charge in [0.25, 0.3) is 0 Å². The number of hydrogen-bond acceptors (Lipinski definition) is 7. The van der Waals surface area contributed by atoms with Crippen molar-refractivity contribution in [3.05, 3.63) is 59.7 Å². The molecule has 1 atom stereocenters. The normalized spacial score (nSPS) is 11.7. The molecule has 0 saturated carbocycles. The van der Waals surface area contributed by atoms with Crippen molar-refractivity contribution in [3.8, 4) is 17.2 Å². The lowest BCUT2D eigenvalue weighted by Crippen LogP contribution is -2.29. The van der Waals surface area contributed by atoms with Gasteiger partial charge in [0, 0.05) is 18.4 Å². The van der Waals surface area contributed by atoms with Gasteiger partial charge < -0.3 is 24.1 Å². The third-order valence-corrected chi connectivity index (χ3v) is 5.85. The number of nitrogens with one attached hydrogen (secondary N) is 1. The van der Waals surface area contributed by atoms with Gasteiger partial charge in [0.15, 0.2) is 11.0 Å². The Labute approximate surface area is 196 Å². The molecule has 0 aliphatic rings. The molecule has 1 aromatic heterocycles. The van der Waals surface area contributed by atoms with Crippen molar-refractivity contribution in [2.45, 2.75) is 24.5 Å². The molecule has 176 valence electrons. The molecule has 0 aliphatic heterocycles. The van der Waals surface area contributed by atoms with Gasteiger partial charge >= 0.3 is 0 Å². The van der Waals surface area contributed by atoms with Crippen LogP contribution in [-0.2, 0) is 18.3 Å². The maximum atomic E-state index is 12.9. The Kier molecular flexibility index (Phi) is 8.53. The van der Waals surface area contributed by atoms with Crippen molar-refractivity contribution in [2.24, 2.45) is 7.05 Å². The summed E-state index contributed by atoms with van der Waals surface area (Å²) in [5, 5.41) is 12.1. The van der Waals surface area contributed by atoms with E-state index in [9.17, 15) is 9.18 Å². The number of aromatic nitrogens is 3. The number of amides is 1. The fourth-order valence-electron chi connectivity index (χ4n) is 3.20. The first-order chi connectivity index (χ1) is 15.9. The Hall–Kier alpha value is -3.27. The summed E-state index contributed by atoms with van der Waals surface area (Å²) < 4.78 is 31.0. The van der Waals surface area contributed by atoms with E-state index in [1.165, 1.54) is 23.9 Å². The lowest BCUT2D eigenvalue weighted by molar-refractivity contribution is -0.121. The van der Waals surface area contributed by atoms with Gasteiger partial charge in [0.2, 0.25) is 5.91 Å². The monoisotopic (exact) mass is 474 g/mol. The Morgan fingerprint density at radius 2 is 1.85 bits per heavy atom. The number of nitrogens with zero attached hydrogens (tertiary/aromatic N) is 3. The van der Waals surface area contributed by atoms with Gasteiger partial charge in [-0.25, -0.2) is 4.39 Å². The third-order valence-electron chi connectivity index (χ3n) is 4.87. The highest BCUT2D eigenvalue weighted by Crippen LogP contribution is 2.25. The van der Waals surface area contributed by atoms with Crippen LogP contribution < -0.4 is 19.5 Å². The molecular formula is C23H27FN4O4S. The fraction of sp³-hybridized carbons (Fsp3) is 0.348. The first-order valence-electron chi connectivity index (χ1n) is 10.3. The number of benzene rings is 2. The minimum Gasteiger partial charge on any atom is -0.497 e. The number of methoxy groups -OCH3 is 2. The minimum atomic E-state index is -0.337. The topological polar surface area (TPSA) is 87.5 Å². The highest BCUT2D eigenvalue weighted by molar-refractivity contribution is 7.99. The molecule has 0 aliphatic carbocycles. The smallest absolute Gasteiger partial charge is 0.225 e. The standard InChI is InChI=1S/C23H27FN4O4S/c1-15(25-21(29)14-16-13-19(30-3)9-10-20(16)31-4)22-26-27-23(28(22)2)33-12-11-32-18-7-5-17(24)6-8-18/h5-10,13,15H,11-12,14H2,1-4H3,(H,25,29)/t15-/m1/s1. The maximum Gasteiger partial charge on any atom is 0.225 e. The highest BCUT2D eigenvalue weighted by atomic mass is 32.2. The van der Waals surface area contributed by atoms with Crippen LogP contribution in [-0.4, -0.2) is 47.3 Å². The van der Waals surface area contributed by atoms with Crippen LogP contribution in [0.25, 0.3) is 0 Å². The second-order valence-corrected chi connectivity index (χ2v) is 8.26. The van der Waals surface area contributed by atoms with E-state index in [0.29, 0.717) is 40.6 Å². The zero-order valence-electron chi connectivity index (χ0n) is 19.0. The lowest BCUT2D eigenvalue weighted by atomic mass is 10.1. The summed E-state index contributed by atoms with van der Waals surface area (Å²) in [6.45, 7) is 2.30. The zero-order chi connectivity index (χ0) is 23.8. The zero-order valence-corrected chi connectivity index (χ0v) is 19.8. The lowest BCUT2D eigenvalue weighted by Gasteiger charge is -2.15. The number of halogens is 1. The highest BCUT2D eigenvalue weighted by Gasteiger charge is 2.19. The Bertz CT molecular complexity index is 1070. The van der Waals surface area contributed by atoms with E-state index in [4.69, 9.17) is 14.2 Å². The molecule has 1 N–H and O–H groups in total. The van der Waals surface area contributed by atoms with Crippen molar-refractivity contribution in [1.82, 2.24) is 20.1 Å². The summed E-state index contributed by atoms with van der Waals surface area (Å²) in [7, 11) is 4.99. The van der Waals surface area contributed by atoms with Gasteiger partial charge in [-0.05, 0) is 49.4 Å². The molecule has 0 bridgehead atoms. The van der Waals surface area contributed by atoms with Crippen LogP contribution in [0, 0.1) is 5.82 Å². The third kappa shape index (κ3) is 6.61. The van der Waals surface area contributed by atoms with Crippen molar-refractivity contribution in [3.63, 3.8) is 0 Å². The molecule has 33 heavy (non-hydrogen) atoms. The van der Waals surface area contributed by atoms with E-state index in [1.54, 1.807) is 44.6 Å². The van der Waals surface area contributed by atoms with E-state index < -0.39 is 0 Å². The molecule has 0 fully saturated rings. The molecule has 10 heteroatoms. The van der Waals surface area contributed by atoms with Crippen LogP contribution in [0.5, 0.6) is 17.2 Å². The maximum absolute atomic E-state index is 12.9. The molecule has 0 spiro atoms. The van der Waals surface area contributed by atoms with Crippen LogP contribution in [0.1, 0.15) is 24.4 Å². The molecule has 0 radical (unpaired) electrons. The molecule has 0 saturated heterocycles. The summed E-state index contributed by atoms with van der Waals surface area (Å²) in [5.41, 5.74) is 0.733. The van der Waals surface area contributed by atoms with E-state index in [0.717, 1.165) is 5.56 Å². The summed E-state index contributed by atoms with van der Waals surface area (Å²) in [6, 6.07) is 10.9. The number of thioether (sulfide) groups is 1. The first kappa shape index (κ1) is 24.4.